The first kappa shape index (κ1) is 19.9. The Labute approximate surface area is 155 Å². The maximum Gasteiger partial charge on any atom is 0.409 e. The minimum Gasteiger partial charge on any atom is -0.492 e. The molecule has 0 spiro atoms. The maximum atomic E-state index is 12.2. The number of hydrogen-bond acceptors (Lipinski definition) is 4. The van der Waals surface area contributed by atoms with E-state index in [-0.39, 0.29) is 12.1 Å². The molecule has 1 aromatic rings. The van der Waals surface area contributed by atoms with Crippen LogP contribution in [-0.2, 0) is 4.74 Å². The second kappa shape index (κ2) is 9.89. The first-order chi connectivity index (χ1) is 12.5. The first-order valence-electron chi connectivity index (χ1n) is 9.18. The van der Waals surface area contributed by atoms with Gasteiger partial charge in [-0.15, -0.1) is 0 Å². The maximum absolute atomic E-state index is 12.2. The van der Waals surface area contributed by atoms with E-state index in [1.807, 2.05) is 12.1 Å². The van der Waals surface area contributed by atoms with Crippen LogP contribution in [0.2, 0.25) is 0 Å². The molecule has 1 aromatic carbocycles. The van der Waals surface area contributed by atoms with E-state index in [0.717, 1.165) is 5.75 Å². The van der Waals surface area contributed by atoms with Crippen molar-refractivity contribution in [1.82, 2.24) is 15.1 Å². The van der Waals surface area contributed by atoms with Crippen molar-refractivity contribution in [3.05, 3.63) is 29.8 Å². The molecule has 0 aliphatic carbocycles. The molecular weight excluding hydrogens is 334 g/mol. The van der Waals surface area contributed by atoms with Crippen LogP contribution in [0.25, 0.3) is 0 Å². The zero-order valence-electron chi connectivity index (χ0n) is 15.9. The van der Waals surface area contributed by atoms with Gasteiger partial charge in [0.1, 0.15) is 12.4 Å². The van der Waals surface area contributed by atoms with Gasteiger partial charge in [-0.05, 0) is 30.5 Å². The van der Waals surface area contributed by atoms with Gasteiger partial charge < -0.3 is 24.6 Å². The van der Waals surface area contributed by atoms with Gasteiger partial charge in [0, 0.05) is 26.2 Å². The van der Waals surface area contributed by atoms with Crippen LogP contribution in [0.5, 0.6) is 5.75 Å². The summed E-state index contributed by atoms with van der Waals surface area (Å²) in [6.45, 7) is 9.27. The van der Waals surface area contributed by atoms with Crippen molar-refractivity contribution < 1.29 is 19.1 Å². The van der Waals surface area contributed by atoms with E-state index in [9.17, 15) is 9.59 Å². The lowest BCUT2D eigenvalue weighted by atomic mass is 10.0. The Bertz CT molecular complexity index is 581. The molecule has 2 rings (SSSR count). The van der Waals surface area contributed by atoms with Crippen molar-refractivity contribution >= 4 is 12.1 Å². The van der Waals surface area contributed by atoms with Crippen molar-refractivity contribution in [2.45, 2.75) is 26.7 Å². The Morgan fingerprint density at radius 1 is 1.08 bits per heavy atom. The summed E-state index contributed by atoms with van der Waals surface area (Å²) in [5.41, 5.74) is 1.27. The molecule has 0 aromatic heterocycles. The van der Waals surface area contributed by atoms with Crippen molar-refractivity contribution in [3.8, 4) is 5.75 Å². The summed E-state index contributed by atoms with van der Waals surface area (Å²) in [5, 5.41) is 2.85. The molecule has 0 saturated carbocycles. The number of nitrogens with one attached hydrogen (secondary N) is 1. The Balaban J connectivity index is 1.64. The fraction of sp³-hybridized carbons (Fsp3) is 0.579. The van der Waals surface area contributed by atoms with Crippen LogP contribution in [0, 0.1) is 0 Å². The van der Waals surface area contributed by atoms with E-state index in [4.69, 9.17) is 9.47 Å². The quantitative estimate of drug-likeness (QED) is 0.789. The van der Waals surface area contributed by atoms with E-state index in [1.54, 1.807) is 16.7 Å². The summed E-state index contributed by atoms with van der Waals surface area (Å²) in [5.74, 6) is 1.29. The van der Waals surface area contributed by atoms with Crippen LogP contribution in [0.3, 0.4) is 0 Å². The van der Waals surface area contributed by atoms with Gasteiger partial charge in [0.2, 0.25) is 0 Å². The first-order valence-corrected chi connectivity index (χ1v) is 9.18. The van der Waals surface area contributed by atoms with E-state index in [1.165, 1.54) is 5.56 Å². The second-order valence-electron chi connectivity index (χ2n) is 6.48. The fourth-order valence-electron chi connectivity index (χ4n) is 2.69. The lowest BCUT2D eigenvalue weighted by molar-refractivity contribution is 0.0851. The predicted octanol–water partition coefficient (Wildman–Crippen LogP) is 2.67. The third kappa shape index (κ3) is 5.82. The van der Waals surface area contributed by atoms with E-state index < -0.39 is 0 Å². The van der Waals surface area contributed by atoms with E-state index in [2.05, 4.69) is 31.3 Å². The smallest absolute Gasteiger partial charge is 0.409 e. The molecule has 1 heterocycles. The molecular formula is C19H29N3O4. The number of hydrogen-bond donors (Lipinski definition) is 1. The summed E-state index contributed by atoms with van der Waals surface area (Å²) in [6.07, 6.45) is -0.315. The van der Waals surface area contributed by atoms with Crippen LogP contribution < -0.4 is 10.1 Å². The molecule has 1 saturated heterocycles. The highest BCUT2D eigenvalue weighted by Crippen LogP contribution is 2.18. The molecule has 1 aliphatic heterocycles. The van der Waals surface area contributed by atoms with Gasteiger partial charge in [0.25, 0.3) is 0 Å². The molecule has 1 fully saturated rings. The SMILES string of the molecule is CCOC(=O)N1CCN(C(=O)NCCOc2ccc(C(C)C)cc2)CC1. The number of ether oxygens (including phenoxy) is 2. The number of rotatable bonds is 6. The molecule has 0 radical (unpaired) electrons. The minimum atomic E-state index is -0.315. The average molecular weight is 363 g/mol. The van der Waals surface area contributed by atoms with Crippen LogP contribution in [0.15, 0.2) is 24.3 Å². The van der Waals surface area contributed by atoms with Crippen molar-refractivity contribution in [1.29, 1.82) is 0 Å². The van der Waals surface area contributed by atoms with Gasteiger partial charge in [0.05, 0.1) is 13.2 Å². The number of nitrogens with zero attached hydrogens (tertiary/aromatic N) is 2. The van der Waals surface area contributed by atoms with Gasteiger partial charge in [0.15, 0.2) is 0 Å². The van der Waals surface area contributed by atoms with Crippen LogP contribution >= 0.6 is 0 Å². The molecule has 144 valence electrons. The molecule has 7 nitrogen and oxygen atoms in total. The van der Waals surface area contributed by atoms with Gasteiger partial charge in [-0.2, -0.15) is 0 Å². The average Bonchev–Trinajstić information content (AvgIpc) is 2.65. The molecule has 1 N–H and O–H groups in total. The van der Waals surface area contributed by atoms with E-state index in [0.29, 0.717) is 51.9 Å². The number of piperazine rings is 1. The highest BCUT2D eigenvalue weighted by atomic mass is 16.6. The number of carbonyl (C=O) groups is 2. The molecule has 3 amide bonds. The summed E-state index contributed by atoms with van der Waals surface area (Å²) in [4.78, 5) is 27.1. The predicted molar refractivity (Wildman–Crippen MR) is 99.6 cm³/mol. The van der Waals surface area contributed by atoms with Crippen molar-refractivity contribution in [2.75, 3.05) is 45.9 Å². The molecule has 0 unspecified atom stereocenters. The van der Waals surface area contributed by atoms with Gasteiger partial charge >= 0.3 is 12.1 Å². The fourth-order valence-corrected chi connectivity index (χ4v) is 2.69. The molecule has 0 atom stereocenters. The summed E-state index contributed by atoms with van der Waals surface area (Å²) in [7, 11) is 0. The Hall–Kier alpha value is -2.44. The zero-order valence-corrected chi connectivity index (χ0v) is 15.9. The van der Waals surface area contributed by atoms with Crippen molar-refractivity contribution in [3.63, 3.8) is 0 Å². The van der Waals surface area contributed by atoms with Gasteiger partial charge in [-0.25, -0.2) is 9.59 Å². The highest BCUT2D eigenvalue weighted by Gasteiger charge is 2.24. The summed E-state index contributed by atoms with van der Waals surface area (Å²) in [6, 6.07) is 7.88. The zero-order chi connectivity index (χ0) is 18.9. The van der Waals surface area contributed by atoms with Crippen LogP contribution in [0.1, 0.15) is 32.3 Å². The third-order valence-electron chi connectivity index (χ3n) is 4.29. The molecule has 7 heteroatoms. The topological polar surface area (TPSA) is 71.1 Å². The molecule has 26 heavy (non-hydrogen) atoms. The van der Waals surface area contributed by atoms with Gasteiger partial charge in [-0.1, -0.05) is 26.0 Å². The van der Waals surface area contributed by atoms with Gasteiger partial charge in [-0.3, -0.25) is 0 Å². The van der Waals surface area contributed by atoms with Crippen LogP contribution in [-0.4, -0.2) is 67.9 Å². The monoisotopic (exact) mass is 363 g/mol. The summed E-state index contributed by atoms with van der Waals surface area (Å²) < 4.78 is 10.6. The number of urea groups is 1. The second-order valence-corrected chi connectivity index (χ2v) is 6.48. The molecule has 0 bridgehead atoms. The number of benzene rings is 1. The minimum absolute atomic E-state index is 0.132. The lowest BCUT2D eigenvalue weighted by Gasteiger charge is -2.33. The van der Waals surface area contributed by atoms with Crippen LogP contribution in [0.4, 0.5) is 9.59 Å². The summed E-state index contributed by atoms with van der Waals surface area (Å²) >= 11 is 0. The number of amides is 3. The van der Waals surface area contributed by atoms with E-state index >= 15 is 0 Å². The third-order valence-corrected chi connectivity index (χ3v) is 4.29. The normalized spacial score (nSPS) is 14.3. The Morgan fingerprint density at radius 3 is 2.27 bits per heavy atom. The molecule has 1 aliphatic rings. The largest absolute Gasteiger partial charge is 0.492 e. The number of carbonyl (C=O) groups excluding carboxylic acids is 2. The lowest BCUT2D eigenvalue weighted by Crippen LogP contribution is -2.53. The Kier molecular flexibility index (Phi) is 7.56. The standard InChI is InChI=1S/C19H29N3O4/c1-4-25-19(24)22-12-10-21(11-13-22)18(23)20-9-14-26-17-7-5-16(6-8-17)15(2)3/h5-8,15H,4,9-14H2,1-3H3,(H,20,23). The van der Waals surface area contributed by atoms with Crippen molar-refractivity contribution in [2.24, 2.45) is 0 Å². The Morgan fingerprint density at radius 2 is 1.69 bits per heavy atom. The highest BCUT2D eigenvalue weighted by molar-refractivity contribution is 5.75.